The lowest BCUT2D eigenvalue weighted by Gasteiger charge is -2.45. The van der Waals surface area contributed by atoms with Crippen molar-refractivity contribution in [3.05, 3.63) is 35.9 Å². The normalized spacial score (nSPS) is 33.6. The van der Waals surface area contributed by atoms with Crippen LogP contribution in [-0.4, -0.2) is 5.11 Å². The molecule has 2 rings (SSSR count). The van der Waals surface area contributed by atoms with Gasteiger partial charge in [0, 0.05) is 0 Å². The van der Waals surface area contributed by atoms with Crippen molar-refractivity contribution in [2.24, 2.45) is 11.3 Å². The van der Waals surface area contributed by atoms with Crippen LogP contribution in [0.3, 0.4) is 0 Å². The molecule has 0 aliphatic heterocycles. The van der Waals surface area contributed by atoms with Crippen LogP contribution in [0.15, 0.2) is 30.3 Å². The predicted octanol–water partition coefficient (Wildman–Crippen LogP) is 3.72. The van der Waals surface area contributed by atoms with E-state index in [9.17, 15) is 5.11 Å². The lowest BCUT2D eigenvalue weighted by atomic mass is 9.63. The summed E-state index contributed by atoms with van der Waals surface area (Å²) in [6.45, 7) is 6.77. The van der Waals surface area contributed by atoms with Gasteiger partial charge in [0.15, 0.2) is 0 Å². The van der Waals surface area contributed by atoms with Crippen molar-refractivity contribution < 1.29 is 5.11 Å². The summed E-state index contributed by atoms with van der Waals surface area (Å²) in [5, 5.41) is 10.8. The average molecular weight is 218 g/mol. The highest BCUT2D eigenvalue weighted by molar-refractivity contribution is 5.24. The van der Waals surface area contributed by atoms with Crippen molar-refractivity contribution in [3.63, 3.8) is 0 Å². The molecule has 1 aliphatic carbocycles. The average Bonchev–Trinajstić information content (AvgIpc) is 2.25. The molecule has 1 heteroatoms. The SMILES string of the molecule is CC1CC(C)(C)CCC1(O)c1ccccc1. The van der Waals surface area contributed by atoms with Crippen LogP contribution in [0.25, 0.3) is 0 Å². The fourth-order valence-corrected chi connectivity index (χ4v) is 3.03. The van der Waals surface area contributed by atoms with Crippen LogP contribution in [0.1, 0.15) is 45.6 Å². The minimum absolute atomic E-state index is 0.332. The summed E-state index contributed by atoms with van der Waals surface area (Å²) < 4.78 is 0. The molecule has 1 aliphatic rings. The molecule has 0 heterocycles. The summed E-state index contributed by atoms with van der Waals surface area (Å²) in [4.78, 5) is 0. The molecule has 1 aromatic carbocycles. The molecule has 1 saturated carbocycles. The van der Waals surface area contributed by atoms with Crippen molar-refractivity contribution in [2.45, 2.75) is 45.6 Å². The van der Waals surface area contributed by atoms with E-state index >= 15 is 0 Å². The minimum atomic E-state index is -0.614. The third-order valence-corrected chi connectivity index (χ3v) is 4.13. The maximum Gasteiger partial charge on any atom is 0.0922 e. The van der Waals surface area contributed by atoms with Crippen molar-refractivity contribution >= 4 is 0 Å². The molecule has 88 valence electrons. The van der Waals surface area contributed by atoms with E-state index in [2.05, 4.69) is 32.9 Å². The number of hydrogen-bond acceptors (Lipinski definition) is 1. The first kappa shape index (κ1) is 11.7. The molecule has 2 unspecified atom stereocenters. The van der Waals surface area contributed by atoms with E-state index in [0.29, 0.717) is 11.3 Å². The number of rotatable bonds is 1. The van der Waals surface area contributed by atoms with Gasteiger partial charge in [0.2, 0.25) is 0 Å². The summed E-state index contributed by atoms with van der Waals surface area (Å²) >= 11 is 0. The maximum absolute atomic E-state index is 10.8. The van der Waals surface area contributed by atoms with E-state index in [-0.39, 0.29) is 0 Å². The van der Waals surface area contributed by atoms with Gasteiger partial charge in [0.1, 0.15) is 0 Å². The van der Waals surface area contributed by atoms with Gasteiger partial charge in [-0.3, -0.25) is 0 Å². The molecule has 1 nitrogen and oxygen atoms in total. The molecule has 1 N–H and O–H groups in total. The second kappa shape index (κ2) is 3.89. The Bertz CT molecular complexity index is 355. The zero-order valence-electron chi connectivity index (χ0n) is 10.5. The van der Waals surface area contributed by atoms with Gasteiger partial charge in [0.05, 0.1) is 5.60 Å². The first-order chi connectivity index (χ1) is 7.44. The van der Waals surface area contributed by atoms with Gasteiger partial charge in [-0.1, -0.05) is 51.1 Å². The quantitative estimate of drug-likeness (QED) is 0.761. The Hall–Kier alpha value is -0.820. The van der Waals surface area contributed by atoms with E-state index in [1.54, 1.807) is 0 Å². The molecule has 1 fully saturated rings. The predicted molar refractivity (Wildman–Crippen MR) is 67.1 cm³/mol. The second-order valence-electron chi connectivity index (χ2n) is 6.06. The van der Waals surface area contributed by atoms with Crippen molar-refractivity contribution in [2.75, 3.05) is 0 Å². The van der Waals surface area contributed by atoms with Gasteiger partial charge in [-0.05, 0) is 36.2 Å². The zero-order valence-corrected chi connectivity index (χ0v) is 10.5. The van der Waals surface area contributed by atoms with Crippen LogP contribution in [0.5, 0.6) is 0 Å². The standard InChI is InChI=1S/C15H22O/c1-12-11-14(2,3)9-10-15(12,16)13-7-5-4-6-8-13/h4-8,12,16H,9-11H2,1-3H3. The van der Waals surface area contributed by atoms with Gasteiger partial charge >= 0.3 is 0 Å². The Kier molecular flexibility index (Phi) is 2.83. The molecule has 0 aromatic heterocycles. The van der Waals surface area contributed by atoms with E-state index in [1.807, 2.05) is 18.2 Å². The Balaban J connectivity index is 2.27. The maximum atomic E-state index is 10.8. The summed E-state index contributed by atoms with van der Waals surface area (Å²) in [6.07, 6.45) is 3.08. The largest absolute Gasteiger partial charge is 0.385 e. The number of hydrogen-bond donors (Lipinski definition) is 1. The molecule has 16 heavy (non-hydrogen) atoms. The molecular formula is C15H22O. The van der Waals surface area contributed by atoms with Gasteiger partial charge in [-0.2, -0.15) is 0 Å². The highest BCUT2D eigenvalue weighted by Gasteiger charge is 2.43. The van der Waals surface area contributed by atoms with Crippen LogP contribution < -0.4 is 0 Å². The van der Waals surface area contributed by atoms with Crippen molar-refractivity contribution in [3.8, 4) is 0 Å². The van der Waals surface area contributed by atoms with Crippen molar-refractivity contribution in [1.82, 2.24) is 0 Å². The Morgan fingerprint density at radius 3 is 2.31 bits per heavy atom. The van der Waals surface area contributed by atoms with Crippen LogP contribution >= 0.6 is 0 Å². The Labute approximate surface area is 98.5 Å². The van der Waals surface area contributed by atoms with E-state index in [1.165, 1.54) is 0 Å². The van der Waals surface area contributed by atoms with Crippen LogP contribution in [0.4, 0.5) is 0 Å². The van der Waals surface area contributed by atoms with E-state index in [4.69, 9.17) is 0 Å². The molecule has 0 radical (unpaired) electrons. The molecule has 0 saturated heterocycles. The fraction of sp³-hybridized carbons (Fsp3) is 0.600. The second-order valence-corrected chi connectivity index (χ2v) is 6.06. The Morgan fingerprint density at radius 1 is 1.12 bits per heavy atom. The minimum Gasteiger partial charge on any atom is -0.385 e. The van der Waals surface area contributed by atoms with E-state index in [0.717, 1.165) is 24.8 Å². The number of benzene rings is 1. The molecule has 0 bridgehead atoms. The molecular weight excluding hydrogens is 196 g/mol. The van der Waals surface area contributed by atoms with Crippen LogP contribution in [0.2, 0.25) is 0 Å². The topological polar surface area (TPSA) is 20.2 Å². The van der Waals surface area contributed by atoms with E-state index < -0.39 is 5.60 Å². The van der Waals surface area contributed by atoms with Gasteiger partial charge in [-0.25, -0.2) is 0 Å². The molecule has 0 spiro atoms. The van der Waals surface area contributed by atoms with Crippen LogP contribution in [0, 0.1) is 11.3 Å². The lowest BCUT2D eigenvalue weighted by molar-refractivity contribution is -0.0769. The number of aliphatic hydroxyl groups is 1. The Morgan fingerprint density at radius 2 is 1.75 bits per heavy atom. The van der Waals surface area contributed by atoms with Gasteiger partial charge < -0.3 is 5.11 Å². The highest BCUT2D eigenvalue weighted by atomic mass is 16.3. The molecule has 1 aromatic rings. The van der Waals surface area contributed by atoms with Gasteiger partial charge in [0.25, 0.3) is 0 Å². The lowest BCUT2D eigenvalue weighted by Crippen LogP contribution is -2.41. The summed E-state index contributed by atoms with van der Waals surface area (Å²) in [5.74, 6) is 0.332. The van der Waals surface area contributed by atoms with Gasteiger partial charge in [-0.15, -0.1) is 0 Å². The third-order valence-electron chi connectivity index (χ3n) is 4.13. The molecule has 2 atom stereocenters. The monoisotopic (exact) mass is 218 g/mol. The van der Waals surface area contributed by atoms with Crippen molar-refractivity contribution in [1.29, 1.82) is 0 Å². The first-order valence-electron chi connectivity index (χ1n) is 6.22. The van der Waals surface area contributed by atoms with Crippen LogP contribution in [-0.2, 0) is 5.60 Å². The zero-order chi connectivity index (χ0) is 11.8. The fourth-order valence-electron chi connectivity index (χ4n) is 3.03. The summed E-state index contributed by atoms with van der Waals surface area (Å²) in [5.41, 5.74) is 0.843. The summed E-state index contributed by atoms with van der Waals surface area (Å²) in [7, 11) is 0. The summed E-state index contributed by atoms with van der Waals surface area (Å²) in [6, 6.07) is 10.1. The third kappa shape index (κ3) is 2.01. The smallest absolute Gasteiger partial charge is 0.0922 e. The first-order valence-corrected chi connectivity index (χ1v) is 6.22. The molecule has 0 amide bonds. The highest BCUT2D eigenvalue weighted by Crippen LogP contribution is 2.48.